The Balaban J connectivity index is 1.44. The number of thioether (sulfide) groups is 1. The number of rotatable bonds is 4. The van der Waals surface area contributed by atoms with Gasteiger partial charge in [0.05, 0.1) is 11.7 Å². The lowest BCUT2D eigenvalue weighted by Crippen LogP contribution is -2.28. The van der Waals surface area contributed by atoms with Gasteiger partial charge in [0.1, 0.15) is 6.04 Å². The van der Waals surface area contributed by atoms with Crippen LogP contribution in [-0.4, -0.2) is 26.8 Å². The Morgan fingerprint density at radius 1 is 0.929 bits per heavy atom. The summed E-state index contributed by atoms with van der Waals surface area (Å²) in [6.45, 7) is 3.32. The first kappa shape index (κ1) is 17.8. The van der Waals surface area contributed by atoms with Gasteiger partial charge in [0.2, 0.25) is 0 Å². The molecule has 0 N–H and O–H groups in total. The van der Waals surface area contributed by atoms with Crippen LogP contribution in [0.5, 0.6) is 0 Å². The highest BCUT2D eigenvalue weighted by atomic mass is 32.2. The normalized spacial score (nSPS) is 23.5. The highest BCUT2D eigenvalue weighted by Gasteiger charge is 2.43. The van der Waals surface area contributed by atoms with Crippen LogP contribution in [0.15, 0.2) is 93.8 Å². The summed E-state index contributed by atoms with van der Waals surface area (Å²) in [6, 6.07) is 25.9. The molecule has 5 heteroatoms. The molecule has 0 unspecified atom stereocenters. The topological polar surface area (TPSA) is 28.5 Å². The number of pyridine rings is 1. The summed E-state index contributed by atoms with van der Waals surface area (Å²) >= 11 is 3.68. The van der Waals surface area contributed by atoms with Gasteiger partial charge in [-0.2, -0.15) is 0 Å². The van der Waals surface area contributed by atoms with Crippen molar-refractivity contribution in [3.05, 3.63) is 90.3 Å². The minimum absolute atomic E-state index is 0.0591. The number of benzene rings is 2. The number of nitrogens with zero attached hydrogens (tertiary/aromatic N) is 3. The summed E-state index contributed by atoms with van der Waals surface area (Å²) in [6.07, 6.45) is 1.87. The number of aromatic nitrogens is 1. The Kier molecular flexibility index (Phi) is 4.87. The van der Waals surface area contributed by atoms with Crippen molar-refractivity contribution in [3.8, 4) is 0 Å². The zero-order valence-electron chi connectivity index (χ0n) is 15.6. The van der Waals surface area contributed by atoms with E-state index >= 15 is 0 Å². The second-order valence-electron chi connectivity index (χ2n) is 7.12. The van der Waals surface area contributed by atoms with E-state index < -0.39 is 0 Å². The van der Waals surface area contributed by atoms with Crippen LogP contribution in [-0.2, 0) is 0 Å². The van der Waals surface area contributed by atoms with Gasteiger partial charge in [-0.1, -0.05) is 66.8 Å². The first-order chi connectivity index (χ1) is 13.8. The first-order valence-corrected chi connectivity index (χ1v) is 11.2. The Morgan fingerprint density at radius 3 is 2.43 bits per heavy atom. The molecule has 3 heterocycles. The summed E-state index contributed by atoms with van der Waals surface area (Å²) < 4.78 is 0. The molecule has 0 saturated carbocycles. The zero-order chi connectivity index (χ0) is 18.9. The molecule has 2 aromatic carbocycles. The Hall–Kier alpha value is -2.24. The monoisotopic (exact) mass is 403 g/mol. The number of fused-ring (bicyclic) bond motifs is 1. The lowest BCUT2D eigenvalue weighted by atomic mass is 9.96. The SMILES string of the molecule is C[C@@H]1CN2C(=N[C@@H](c3ccccn3)[C@H]2c2ccc(Sc3ccccc3)cc2)S1. The summed E-state index contributed by atoms with van der Waals surface area (Å²) in [5, 5.41) is 1.75. The van der Waals surface area contributed by atoms with E-state index in [9.17, 15) is 0 Å². The maximum Gasteiger partial charge on any atom is 0.160 e. The zero-order valence-corrected chi connectivity index (χ0v) is 17.2. The van der Waals surface area contributed by atoms with E-state index in [1.54, 1.807) is 11.8 Å². The third-order valence-electron chi connectivity index (χ3n) is 5.08. The lowest BCUT2D eigenvalue weighted by Gasteiger charge is -2.27. The molecule has 28 heavy (non-hydrogen) atoms. The molecule has 2 aliphatic heterocycles. The third kappa shape index (κ3) is 3.45. The average molecular weight is 404 g/mol. The van der Waals surface area contributed by atoms with Gasteiger partial charge in [-0.05, 0) is 42.0 Å². The summed E-state index contributed by atoms with van der Waals surface area (Å²) in [5.41, 5.74) is 2.35. The Labute approximate surface area is 174 Å². The van der Waals surface area contributed by atoms with Crippen LogP contribution in [0.1, 0.15) is 30.3 Å². The molecular weight excluding hydrogens is 382 g/mol. The van der Waals surface area contributed by atoms with Gasteiger partial charge in [-0.3, -0.25) is 9.98 Å². The molecule has 3 atom stereocenters. The third-order valence-corrected chi connectivity index (χ3v) is 7.20. The van der Waals surface area contributed by atoms with Crippen LogP contribution in [0.25, 0.3) is 0 Å². The summed E-state index contributed by atoms with van der Waals surface area (Å²) in [4.78, 5) is 14.7. The minimum Gasteiger partial charge on any atom is -0.341 e. The van der Waals surface area contributed by atoms with Gasteiger partial charge in [0.25, 0.3) is 0 Å². The molecule has 1 saturated heterocycles. The molecule has 0 aliphatic carbocycles. The first-order valence-electron chi connectivity index (χ1n) is 9.53. The van der Waals surface area contributed by atoms with Crippen molar-refractivity contribution in [3.63, 3.8) is 0 Å². The highest BCUT2D eigenvalue weighted by molar-refractivity contribution is 8.14. The quantitative estimate of drug-likeness (QED) is 0.549. The van der Waals surface area contributed by atoms with Crippen molar-refractivity contribution in [2.24, 2.45) is 4.99 Å². The van der Waals surface area contributed by atoms with Crippen molar-refractivity contribution < 1.29 is 0 Å². The molecule has 2 aliphatic rings. The number of aliphatic imine (C=N–C) groups is 1. The molecule has 1 aromatic heterocycles. The van der Waals surface area contributed by atoms with Crippen molar-refractivity contribution in [1.82, 2.24) is 9.88 Å². The van der Waals surface area contributed by atoms with Crippen molar-refractivity contribution in [2.45, 2.75) is 34.0 Å². The van der Waals surface area contributed by atoms with Crippen LogP contribution >= 0.6 is 23.5 Å². The molecule has 3 aromatic rings. The molecule has 0 spiro atoms. The minimum atomic E-state index is 0.0591. The van der Waals surface area contributed by atoms with E-state index in [1.165, 1.54) is 15.4 Å². The molecule has 0 amide bonds. The number of hydrogen-bond acceptors (Lipinski definition) is 5. The molecule has 0 bridgehead atoms. The van der Waals surface area contributed by atoms with E-state index in [2.05, 4.69) is 83.5 Å². The summed E-state index contributed by atoms with van der Waals surface area (Å²) in [7, 11) is 0. The van der Waals surface area contributed by atoms with Gasteiger partial charge >= 0.3 is 0 Å². The largest absolute Gasteiger partial charge is 0.341 e. The van der Waals surface area contributed by atoms with E-state index in [0.29, 0.717) is 5.25 Å². The maximum absolute atomic E-state index is 5.06. The molecule has 1 fully saturated rings. The van der Waals surface area contributed by atoms with Gasteiger partial charge in [0, 0.05) is 27.8 Å². The van der Waals surface area contributed by atoms with Crippen LogP contribution in [0, 0.1) is 0 Å². The van der Waals surface area contributed by atoms with Gasteiger partial charge < -0.3 is 4.90 Å². The Morgan fingerprint density at radius 2 is 1.68 bits per heavy atom. The van der Waals surface area contributed by atoms with Crippen LogP contribution < -0.4 is 0 Å². The fourth-order valence-electron chi connectivity index (χ4n) is 3.84. The fraction of sp³-hybridized carbons (Fsp3) is 0.217. The predicted octanol–water partition coefficient (Wildman–Crippen LogP) is 5.82. The second-order valence-corrected chi connectivity index (χ2v) is 9.67. The highest BCUT2D eigenvalue weighted by Crippen LogP contribution is 2.47. The van der Waals surface area contributed by atoms with E-state index in [4.69, 9.17) is 4.99 Å². The van der Waals surface area contributed by atoms with Crippen molar-refractivity contribution in [1.29, 1.82) is 0 Å². The predicted molar refractivity (Wildman–Crippen MR) is 118 cm³/mol. The summed E-state index contributed by atoms with van der Waals surface area (Å²) in [5.74, 6) is 0. The standard InChI is InChI=1S/C23H21N3S2/c1-16-15-26-22(21(25-23(26)27-16)20-9-5-6-14-24-20)17-10-12-19(13-11-17)28-18-7-3-2-4-8-18/h2-14,16,21-22H,15H2,1H3/t16-,21+,22-/m1/s1. The van der Waals surface area contributed by atoms with Crippen LogP contribution in [0.2, 0.25) is 0 Å². The molecule has 140 valence electrons. The van der Waals surface area contributed by atoms with Gasteiger partial charge in [-0.25, -0.2) is 0 Å². The van der Waals surface area contributed by atoms with Gasteiger partial charge in [0.15, 0.2) is 5.17 Å². The van der Waals surface area contributed by atoms with Crippen molar-refractivity contribution in [2.75, 3.05) is 6.54 Å². The molecule has 5 rings (SSSR count). The van der Waals surface area contributed by atoms with E-state index in [0.717, 1.165) is 17.4 Å². The maximum atomic E-state index is 5.06. The van der Waals surface area contributed by atoms with E-state index in [-0.39, 0.29) is 12.1 Å². The van der Waals surface area contributed by atoms with E-state index in [1.807, 2.05) is 24.0 Å². The van der Waals surface area contributed by atoms with Crippen molar-refractivity contribution >= 4 is 28.7 Å². The number of hydrogen-bond donors (Lipinski definition) is 0. The fourth-order valence-corrected chi connectivity index (χ4v) is 5.77. The molecule has 3 nitrogen and oxygen atoms in total. The van der Waals surface area contributed by atoms with Crippen LogP contribution in [0.3, 0.4) is 0 Å². The molecular formula is C23H21N3S2. The number of amidine groups is 1. The smallest absolute Gasteiger partial charge is 0.160 e. The second kappa shape index (κ2) is 7.64. The lowest BCUT2D eigenvalue weighted by molar-refractivity contribution is 0.321. The average Bonchev–Trinajstić information content (AvgIpc) is 3.26. The van der Waals surface area contributed by atoms with Gasteiger partial charge in [-0.15, -0.1) is 0 Å². The van der Waals surface area contributed by atoms with Crippen LogP contribution in [0.4, 0.5) is 0 Å². The Bertz CT molecular complexity index is 974. The molecule has 0 radical (unpaired) electrons.